The number of piperidine rings is 1. The van der Waals surface area contributed by atoms with Crippen LogP contribution < -0.4 is 5.32 Å². The van der Waals surface area contributed by atoms with Gasteiger partial charge in [-0.05, 0) is 62.9 Å². The van der Waals surface area contributed by atoms with Crippen LogP contribution in [0.3, 0.4) is 0 Å². The molecule has 2 fully saturated rings. The molecule has 126 valence electrons. The molecule has 2 aliphatic rings. The lowest BCUT2D eigenvalue weighted by molar-refractivity contribution is 0.437. The zero-order valence-electron chi connectivity index (χ0n) is 13.4. The second kappa shape index (κ2) is 6.87. The number of allylic oxidation sites excluding steroid dienone is 1. The lowest BCUT2D eigenvalue weighted by atomic mass is 9.97. The number of nitrogens with zero attached hydrogens (tertiary/aromatic N) is 3. The highest BCUT2D eigenvalue weighted by Crippen LogP contribution is 2.42. The summed E-state index contributed by atoms with van der Waals surface area (Å²) in [5.41, 5.74) is 2.80. The van der Waals surface area contributed by atoms with Gasteiger partial charge in [-0.15, -0.1) is 5.10 Å². The Hall–Kier alpha value is -1.36. The number of hydrogen-bond acceptors (Lipinski definition) is 3. The Morgan fingerprint density at radius 1 is 1.08 bits per heavy atom. The summed E-state index contributed by atoms with van der Waals surface area (Å²) in [7, 11) is 0. The number of benzene rings is 1. The Morgan fingerprint density at radius 2 is 1.79 bits per heavy atom. The molecule has 0 amide bonds. The molecule has 4 nitrogen and oxygen atoms in total. The summed E-state index contributed by atoms with van der Waals surface area (Å²) in [4.78, 5) is 0. The van der Waals surface area contributed by atoms with Gasteiger partial charge in [-0.25, -0.2) is 4.68 Å². The minimum atomic E-state index is 0.521. The third-order valence-electron chi connectivity index (χ3n) is 4.76. The highest BCUT2D eigenvalue weighted by Gasteiger charge is 2.31. The van der Waals surface area contributed by atoms with Crippen LogP contribution in [-0.4, -0.2) is 28.1 Å². The molecule has 2 aromatic rings. The summed E-state index contributed by atoms with van der Waals surface area (Å²) in [5.74, 6) is 1.12. The number of aromatic nitrogens is 3. The van der Waals surface area contributed by atoms with Gasteiger partial charge in [0.15, 0.2) is 0 Å². The highest BCUT2D eigenvalue weighted by molar-refractivity contribution is 6.37. The first kappa shape index (κ1) is 16.1. The largest absolute Gasteiger partial charge is 0.317 e. The molecular weight excluding hydrogens is 343 g/mol. The van der Waals surface area contributed by atoms with Crippen LogP contribution >= 0.6 is 23.2 Å². The van der Waals surface area contributed by atoms with Gasteiger partial charge in [0.1, 0.15) is 5.69 Å². The van der Waals surface area contributed by atoms with Crippen LogP contribution in [-0.2, 0) is 0 Å². The van der Waals surface area contributed by atoms with Crippen molar-refractivity contribution >= 4 is 29.3 Å². The highest BCUT2D eigenvalue weighted by atomic mass is 35.5. The fourth-order valence-corrected chi connectivity index (χ4v) is 3.78. The van der Waals surface area contributed by atoms with Crippen LogP contribution in [0.25, 0.3) is 11.8 Å². The zero-order valence-corrected chi connectivity index (χ0v) is 14.9. The molecule has 0 spiro atoms. The van der Waals surface area contributed by atoms with Gasteiger partial charge in [0, 0.05) is 5.92 Å². The third kappa shape index (κ3) is 3.23. The van der Waals surface area contributed by atoms with E-state index in [2.05, 4.69) is 27.8 Å². The molecule has 1 aliphatic heterocycles. The van der Waals surface area contributed by atoms with Crippen molar-refractivity contribution in [1.29, 1.82) is 0 Å². The van der Waals surface area contributed by atoms with E-state index in [1.807, 2.05) is 18.2 Å². The summed E-state index contributed by atoms with van der Waals surface area (Å²) in [6.07, 6.45) is 9.18. The first-order chi connectivity index (χ1) is 11.7. The van der Waals surface area contributed by atoms with Crippen LogP contribution in [0.1, 0.15) is 43.0 Å². The molecule has 1 aromatic carbocycles. The average molecular weight is 363 g/mol. The van der Waals surface area contributed by atoms with E-state index in [4.69, 9.17) is 23.2 Å². The topological polar surface area (TPSA) is 42.7 Å². The maximum absolute atomic E-state index is 6.38. The fraction of sp³-hybridized carbons (Fsp3) is 0.444. The van der Waals surface area contributed by atoms with Gasteiger partial charge in [-0.3, -0.25) is 0 Å². The predicted molar refractivity (Wildman–Crippen MR) is 98.0 cm³/mol. The van der Waals surface area contributed by atoms with Crippen LogP contribution in [0.4, 0.5) is 0 Å². The van der Waals surface area contributed by atoms with Gasteiger partial charge >= 0.3 is 0 Å². The van der Waals surface area contributed by atoms with Gasteiger partial charge in [0.05, 0.1) is 21.4 Å². The minimum Gasteiger partial charge on any atom is -0.317 e. The van der Waals surface area contributed by atoms with E-state index in [0.717, 1.165) is 24.5 Å². The fourth-order valence-electron chi connectivity index (χ4n) is 3.22. The van der Waals surface area contributed by atoms with E-state index in [0.29, 0.717) is 27.6 Å². The Bertz CT molecular complexity index is 738. The standard InChI is InChI=1S/C18H20Cl2N4/c19-14-2-1-3-15(20)18(14)24-16(17(22-23-24)13-5-6-13)7-4-12-8-10-21-11-9-12/h1-4,7,12-13,21H,5-6,8-11H2. The second-order valence-electron chi connectivity index (χ2n) is 6.56. The molecule has 0 atom stereocenters. The Labute approximate surface area is 151 Å². The second-order valence-corrected chi connectivity index (χ2v) is 7.38. The Kier molecular flexibility index (Phi) is 4.61. The lowest BCUT2D eigenvalue weighted by Gasteiger charge is -2.19. The predicted octanol–water partition coefficient (Wildman–Crippen LogP) is 4.46. The van der Waals surface area contributed by atoms with Crippen LogP contribution in [0.5, 0.6) is 0 Å². The molecule has 1 aromatic heterocycles. The van der Waals surface area contributed by atoms with Crippen LogP contribution in [0.15, 0.2) is 24.3 Å². The van der Waals surface area contributed by atoms with Gasteiger partial charge in [-0.1, -0.05) is 40.6 Å². The lowest BCUT2D eigenvalue weighted by Crippen LogP contribution is -2.26. The third-order valence-corrected chi connectivity index (χ3v) is 5.37. The van der Waals surface area contributed by atoms with Crippen molar-refractivity contribution in [3.63, 3.8) is 0 Å². The molecule has 4 rings (SSSR count). The van der Waals surface area contributed by atoms with E-state index in [1.165, 1.54) is 25.7 Å². The Balaban J connectivity index is 1.73. The van der Waals surface area contributed by atoms with Crippen molar-refractivity contribution in [1.82, 2.24) is 20.3 Å². The quantitative estimate of drug-likeness (QED) is 0.872. The van der Waals surface area contributed by atoms with Crippen LogP contribution in [0.2, 0.25) is 10.0 Å². The summed E-state index contributed by atoms with van der Waals surface area (Å²) < 4.78 is 1.80. The van der Waals surface area contributed by atoms with E-state index < -0.39 is 0 Å². The molecule has 24 heavy (non-hydrogen) atoms. The van der Waals surface area contributed by atoms with Crippen molar-refractivity contribution in [2.75, 3.05) is 13.1 Å². The van der Waals surface area contributed by atoms with Crippen molar-refractivity contribution in [2.45, 2.75) is 31.6 Å². The number of para-hydroxylation sites is 1. The van der Waals surface area contributed by atoms with Crippen molar-refractivity contribution in [2.24, 2.45) is 5.92 Å². The molecule has 0 unspecified atom stereocenters. The van der Waals surface area contributed by atoms with Crippen molar-refractivity contribution < 1.29 is 0 Å². The van der Waals surface area contributed by atoms with Gasteiger partial charge in [0.2, 0.25) is 0 Å². The number of nitrogens with one attached hydrogen (secondary N) is 1. The SMILES string of the molecule is Clc1cccc(Cl)c1-n1nnc(C2CC2)c1C=CC1CCNCC1. The van der Waals surface area contributed by atoms with Crippen LogP contribution in [0, 0.1) is 5.92 Å². The number of hydrogen-bond donors (Lipinski definition) is 1. The van der Waals surface area contributed by atoms with E-state index in [1.54, 1.807) is 4.68 Å². The maximum Gasteiger partial charge on any atom is 0.104 e. The first-order valence-corrected chi connectivity index (χ1v) is 9.28. The van der Waals surface area contributed by atoms with E-state index in [9.17, 15) is 0 Å². The summed E-state index contributed by atoms with van der Waals surface area (Å²) in [6, 6.07) is 5.51. The molecule has 1 N–H and O–H groups in total. The normalized spacial score (nSPS) is 19.2. The van der Waals surface area contributed by atoms with E-state index in [-0.39, 0.29) is 0 Å². The average Bonchev–Trinajstić information content (AvgIpc) is 3.35. The first-order valence-electron chi connectivity index (χ1n) is 8.53. The smallest absolute Gasteiger partial charge is 0.104 e. The maximum atomic E-state index is 6.38. The molecule has 1 saturated heterocycles. The van der Waals surface area contributed by atoms with Crippen molar-refractivity contribution in [3.8, 4) is 5.69 Å². The van der Waals surface area contributed by atoms with E-state index >= 15 is 0 Å². The zero-order chi connectivity index (χ0) is 16.5. The molecule has 2 heterocycles. The number of halogens is 2. The molecule has 0 bridgehead atoms. The monoisotopic (exact) mass is 362 g/mol. The van der Waals surface area contributed by atoms with Gasteiger partial charge in [0.25, 0.3) is 0 Å². The summed E-state index contributed by atoms with van der Waals surface area (Å²) in [5, 5.41) is 13.4. The summed E-state index contributed by atoms with van der Waals surface area (Å²) >= 11 is 12.8. The molecule has 1 aliphatic carbocycles. The number of rotatable bonds is 4. The van der Waals surface area contributed by atoms with Crippen molar-refractivity contribution in [3.05, 3.63) is 45.7 Å². The molecule has 0 radical (unpaired) electrons. The Morgan fingerprint density at radius 3 is 2.46 bits per heavy atom. The molecular formula is C18H20Cl2N4. The summed E-state index contributed by atoms with van der Waals surface area (Å²) in [6.45, 7) is 2.16. The molecule has 6 heteroatoms. The van der Waals surface area contributed by atoms with Gasteiger partial charge in [-0.2, -0.15) is 0 Å². The minimum absolute atomic E-state index is 0.521. The molecule has 1 saturated carbocycles. The van der Waals surface area contributed by atoms with Gasteiger partial charge < -0.3 is 5.32 Å².